The summed E-state index contributed by atoms with van der Waals surface area (Å²) in [5.41, 5.74) is 0.687. The van der Waals surface area contributed by atoms with E-state index in [1.807, 2.05) is 0 Å². The summed E-state index contributed by atoms with van der Waals surface area (Å²) in [5.74, 6) is -1.07. The molecule has 0 saturated heterocycles. The molecule has 0 unspecified atom stereocenters. The van der Waals surface area contributed by atoms with Crippen molar-refractivity contribution >= 4 is 5.97 Å². The number of hydrogen-bond donors (Lipinski definition) is 0. The summed E-state index contributed by atoms with van der Waals surface area (Å²) >= 11 is 0. The molecule has 92 valence electrons. The SMILES string of the molecule is CCOC(=O)c1ccc(F)c(-c2cccnc2)n1. The lowest BCUT2D eigenvalue weighted by atomic mass is 10.1. The molecule has 0 aliphatic rings. The van der Waals surface area contributed by atoms with Crippen LogP contribution in [0.3, 0.4) is 0 Å². The minimum absolute atomic E-state index is 0.0807. The first-order chi connectivity index (χ1) is 8.72. The summed E-state index contributed by atoms with van der Waals surface area (Å²) in [4.78, 5) is 19.4. The highest BCUT2D eigenvalue weighted by atomic mass is 19.1. The number of carbonyl (C=O) groups is 1. The van der Waals surface area contributed by atoms with Gasteiger partial charge in [0.25, 0.3) is 0 Å². The number of esters is 1. The van der Waals surface area contributed by atoms with E-state index in [1.165, 1.54) is 18.3 Å². The van der Waals surface area contributed by atoms with Crippen LogP contribution in [-0.2, 0) is 4.74 Å². The Morgan fingerprint density at radius 2 is 2.22 bits per heavy atom. The lowest BCUT2D eigenvalue weighted by Gasteiger charge is -2.05. The zero-order valence-corrected chi connectivity index (χ0v) is 9.76. The van der Waals surface area contributed by atoms with E-state index in [0.717, 1.165) is 0 Å². The minimum Gasteiger partial charge on any atom is -0.461 e. The summed E-state index contributed by atoms with van der Waals surface area (Å²) < 4.78 is 18.5. The van der Waals surface area contributed by atoms with Gasteiger partial charge in [-0.05, 0) is 31.2 Å². The van der Waals surface area contributed by atoms with E-state index < -0.39 is 11.8 Å². The van der Waals surface area contributed by atoms with Gasteiger partial charge >= 0.3 is 5.97 Å². The number of aromatic nitrogens is 2. The lowest BCUT2D eigenvalue weighted by Crippen LogP contribution is -2.08. The topological polar surface area (TPSA) is 52.1 Å². The standard InChI is InChI=1S/C13H11FN2O2/c1-2-18-13(17)11-6-5-10(14)12(16-11)9-4-3-7-15-8-9/h3-8H,2H2,1H3. The van der Waals surface area contributed by atoms with Gasteiger partial charge in [0.2, 0.25) is 0 Å². The zero-order valence-electron chi connectivity index (χ0n) is 9.76. The van der Waals surface area contributed by atoms with Gasteiger partial charge in [0.15, 0.2) is 0 Å². The molecular formula is C13H11FN2O2. The van der Waals surface area contributed by atoms with Crippen LogP contribution in [0.2, 0.25) is 0 Å². The van der Waals surface area contributed by atoms with Gasteiger partial charge in [-0.25, -0.2) is 14.2 Å². The third-order valence-electron chi connectivity index (χ3n) is 2.27. The van der Waals surface area contributed by atoms with Crippen molar-refractivity contribution in [2.75, 3.05) is 6.61 Å². The molecule has 2 rings (SSSR count). The van der Waals surface area contributed by atoms with E-state index in [0.29, 0.717) is 5.56 Å². The van der Waals surface area contributed by atoms with Crippen molar-refractivity contribution in [2.24, 2.45) is 0 Å². The summed E-state index contributed by atoms with van der Waals surface area (Å²) in [5, 5.41) is 0. The predicted molar refractivity (Wildman–Crippen MR) is 63.4 cm³/mol. The van der Waals surface area contributed by atoms with Crippen molar-refractivity contribution in [3.63, 3.8) is 0 Å². The van der Waals surface area contributed by atoms with Gasteiger partial charge < -0.3 is 4.74 Å². The van der Waals surface area contributed by atoms with Gasteiger partial charge in [0, 0.05) is 18.0 Å². The molecule has 0 atom stereocenters. The number of rotatable bonds is 3. The fraction of sp³-hybridized carbons (Fsp3) is 0.154. The maximum atomic E-state index is 13.7. The van der Waals surface area contributed by atoms with Crippen molar-refractivity contribution in [1.82, 2.24) is 9.97 Å². The fourth-order valence-corrected chi connectivity index (χ4v) is 1.47. The molecule has 2 heterocycles. The predicted octanol–water partition coefficient (Wildman–Crippen LogP) is 2.46. The monoisotopic (exact) mass is 246 g/mol. The maximum Gasteiger partial charge on any atom is 0.356 e. The molecule has 0 amide bonds. The molecule has 0 spiro atoms. The number of ether oxygens (including phenoxy) is 1. The Balaban J connectivity index is 2.42. The van der Waals surface area contributed by atoms with Crippen LogP contribution in [0.5, 0.6) is 0 Å². The summed E-state index contributed by atoms with van der Waals surface area (Å²) in [6.45, 7) is 1.95. The maximum absolute atomic E-state index is 13.7. The van der Waals surface area contributed by atoms with E-state index in [-0.39, 0.29) is 18.0 Å². The number of pyridine rings is 2. The van der Waals surface area contributed by atoms with Gasteiger partial charge in [-0.3, -0.25) is 4.98 Å². The minimum atomic E-state index is -0.567. The van der Waals surface area contributed by atoms with Crippen LogP contribution >= 0.6 is 0 Å². The third kappa shape index (κ3) is 2.51. The van der Waals surface area contributed by atoms with Crippen molar-refractivity contribution in [2.45, 2.75) is 6.92 Å². The fourth-order valence-electron chi connectivity index (χ4n) is 1.47. The van der Waals surface area contributed by atoms with Crippen molar-refractivity contribution in [1.29, 1.82) is 0 Å². The van der Waals surface area contributed by atoms with E-state index in [9.17, 15) is 9.18 Å². The Morgan fingerprint density at radius 3 is 2.89 bits per heavy atom. The van der Waals surface area contributed by atoms with E-state index in [1.54, 1.807) is 25.3 Å². The molecule has 0 fully saturated rings. The first-order valence-electron chi connectivity index (χ1n) is 5.46. The average molecular weight is 246 g/mol. The highest BCUT2D eigenvalue weighted by Gasteiger charge is 2.13. The van der Waals surface area contributed by atoms with Crippen molar-refractivity contribution < 1.29 is 13.9 Å². The lowest BCUT2D eigenvalue weighted by molar-refractivity contribution is 0.0519. The molecule has 0 radical (unpaired) electrons. The van der Waals surface area contributed by atoms with E-state index in [4.69, 9.17) is 4.74 Å². The quantitative estimate of drug-likeness (QED) is 0.780. The second-order valence-corrected chi connectivity index (χ2v) is 3.49. The molecule has 5 heteroatoms. The molecule has 0 bridgehead atoms. The molecule has 0 aromatic carbocycles. The average Bonchev–Trinajstić information content (AvgIpc) is 2.40. The number of carbonyl (C=O) groups excluding carboxylic acids is 1. The number of hydrogen-bond acceptors (Lipinski definition) is 4. The number of halogens is 1. The molecule has 4 nitrogen and oxygen atoms in total. The first-order valence-corrected chi connectivity index (χ1v) is 5.46. The van der Waals surface area contributed by atoms with E-state index >= 15 is 0 Å². The van der Waals surface area contributed by atoms with Gasteiger partial charge in [-0.2, -0.15) is 0 Å². The van der Waals surface area contributed by atoms with Crippen LogP contribution in [0.15, 0.2) is 36.7 Å². The molecule has 0 N–H and O–H groups in total. The van der Waals surface area contributed by atoms with E-state index in [2.05, 4.69) is 9.97 Å². The second-order valence-electron chi connectivity index (χ2n) is 3.49. The van der Waals surface area contributed by atoms with Crippen molar-refractivity contribution in [3.05, 3.63) is 48.2 Å². The molecule has 0 saturated carbocycles. The summed E-state index contributed by atoms with van der Waals surface area (Å²) in [6, 6.07) is 5.84. The molecular weight excluding hydrogens is 235 g/mol. The van der Waals surface area contributed by atoms with Crippen LogP contribution in [0.4, 0.5) is 4.39 Å². The van der Waals surface area contributed by atoms with Crippen LogP contribution in [0.25, 0.3) is 11.3 Å². The first kappa shape index (κ1) is 12.2. The summed E-state index contributed by atoms with van der Waals surface area (Å²) in [6.07, 6.45) is 3.07. The van der Waals surface area contributed by atoms with Crippen LogP contribution in [0, 0.1) is 5.82 Å². The Morgan fingerprint density at radius 1 is 1.39 bits per heavy atom. The molecule has 18 heavy (non-hydrogen) atoms. The van der Waals surface area contributed by atoms with Crippen LogP contribution < -0.4 is 0 Å². The van der Waals surface area contributed by atoms with Gasteiger partial charge in [0.05, 0.1) is 6.61 Å². The van der Waals surface area contributed by atoms with Gasteiger partial charge in [-0.1, -0.05) is 0 Å². The normalized spacial score (nSPS) is 10.1. The number of nitrogens with zero attached hydrogens (tertiary/aromatic N) is 2. The largest absolute Gasteiger partial charge is 0.461 e. The molecule has 0 aliphatic heterocycles. The molecule has 2 aromatic heterocycles. The third-order valence-corrected chi connectivity index (χ3v) is 2.27. The molecule has 0 aliphatic carbocycles. The Hall–Kier alpha value is -2.30. The highest BCUT2D eigenvalue weighted by molar-refractivity contribution is 5.87. The van der Waals surface area contributed by atoms with Gasteiger partial charge in [0.1, 0.15) is 17.2 Å². The van der Waals surface area contributed by atoms with Crippen LogP contribution in [0.1, 0.15) is 17.4 Å². The molecule has 2 aromatic rings. The van der Waals surface area contributed by atoms with Crippen LogP contribution in [-0.4, -0.2) is 22.5 Å². The summed E-state index contributed by atoms with van der Waals surface area (Å²) in [7, 11) is 0. The second kappa shape index (κ2) is 5.35. The zero-order chi connectivity index (χ0) is 13.0. The van der Waals surface area contributed by atoms with Crippen molar-refractivity contribution in [3.8, 4) is 11.3 Å². The Labute approximate surface area is 103 Å². The Kier molecular flexibility index (Phi) is 3.62. The highest BCUT2D eigenvalue weighted by Crippen LogP contribution is 2.19. The smallest absolute Gasteiger partial charge is 0.356 e. The Bertz CT molecular complexity index is 558. The van der Waals surface area contributed by atoms with Gasteiger partial charge in [-0.15, -0.1) is 0 Å².